The van der Waals surface area contributed by atoms with Crippen LogP contribution in [0.1, 0.15) is 31.7 Å². The van der Waals surface area contributed by atoms with Gasteiger partial charge in [0.2, 0.25) is 5.91 Å². The molecule has 0 aliphatic rings. The quantitative estimate of drug-likeness (QED) is 0.267. The second-order valence-electron chi connectivity index (χ2n) is 7.63. The number of nitrogens with one attached hydrogen (secondary N) is 2. The maximum Gasteiger partial charge on any atom is 0.263 e. The maximum atomic E-state index is 12.5. The zero-order chi connectivity index (χ0) is 25.1. The standard InChI is InChI=1S/C26H29N3O5S/c1-3-4-7-18-34-23-15-9-20(19-24(23)33-2)10-16-26(30)28-21-11-13-22(14-12-21)35(31,32)29-25-8-5-6-17-27-25/h5-6,8-17,19H,3-4,7,18H2,1-2H3,(H,27,29)(H,28,30)/b16-10+. The summed E-state index contributed by atoms with van der Waals surface area (Å²) in [7, 11) is -2.21. The number of unbranched alkanes of at least 4 members (excludes halogenated alkanes) is 2. The Morgan fingerprint density at radius 3 is 2.51 bits per heavy atom. The van der Waals surface area contributed by atoms with Crippen molar-refractivity contribution in [1.29, 1.82) is 0 Å². The molecule has 1 aromatic heterocycles. The molecule has 0 saturated heterocycles. The molecule has 9 heteroatoms. The Hall–Kier alpha value is -3.85. The first-order chi connectivity index (χ1) is 16.9. The second kappa shape index (κ2) is 12.6. The van der Waals surface area contributed by atoms with Gasteiger partial charge >= 0.3 is 0 Å². The number of ether oxygens (including phenoxy) is 2. The number of methoxy groups -OCH3 is 1. The minimum absolute atomic E-state index is 0.0563. The van der Waals surface area contributed by atoms with Gasteiger partial charge in [0.25, 0.3) is 10.0 Å². The Morgan fingerprint density at radius 2 is 1.83 bits per heavy atom. The van der Waals surface area contributed by atoms with Gasteiger partial charge < -0.3 is 14.8 Å². The number of carbonyl (C=O) groups excluding carboxylic acids is 1. The van der Waals surface area contributed by atoms with E-state index in [0.717, 1.165) is 24.8 Å². The van der Waals surface area contributed by atoms with Crippen molar-refractivity contribution in [2.75, 3.05) is 23.8 Å². The Bertz CT molecular complexity index is 1240. The molecule has 0 saturated carbocycles. The third-order valence-electron chi connectivity index (χ3n) is 4.96. The third-order valence-corrected chi connectivity index (χ3v) is 6.33. The number of amides is 1. The number of rotatable bonds is 12. The van der Waals surface area contributed by atoms with E-state index in [2.05, 4.69) is 21.9 Å². The summed E-state index contributed by atoms with van der Waals surface area (Å²) in [5, 5.41) is 2.71. The van der Waals surface area contributed by atoms with Crippen molar-refractivity contribution in [3.05, 3.63) is 78.5 Å². The number of pyridine rings is 1. The van der Waals surface area contributed by atoms with Crippen molar-refractivity contribution in [2.45, 2.75) is 31.1 Å². The molecule has 0 radical (unpaired) electrons. The molecule has 2 N–H and O–H groups in total. The Balaban J connectivity index is 1.58. The van der Waals surface area contributed by atoms with Gasteiger partial charge in [0.15, 0.2) is 11.5 Å². The largest absolute Gasteiger partial charge is 0.493 e. The predicted octanol–water partition coefficient (Wildman–Crippen LogP) is 5.11. The molecule has 35 heavy (non-hydrogen) atoms. The highest BCUT2D eigenvalue weighted by molar-refractivity contribution is 7.92. The number of sulfonamides is 1. The second-order valence-corrected chi connectivity index (χ2v) is 9.32. The van der Waals surface area contributed by atoms with E-state index in [-0.39, 0.29) is 16.6 Å². The van der Waals surface area contributed by atoms with Crippen LogP contribution in [-0.4, -0.2) is 33.0 Å². The van der Waals surface area contributed by atoms with Crippen molar-refractivity contribution < 1.29 is 22.7 Å². The van der Waals surface area contributed by atoms with Crippen molar-refractivity contribution in [1.82, 2.24) is 4.98 Å². The average Bonchev–Trinajstić information content (AvgIpc) is 2.86. The first kappa shape index (κ1) is 25.8. The Morgan fingerprint density at radius 1 is 1.03 bits per heavy atom. The molecule has 3 aromatic rings. The number of hydrogen-bond acceptors (Lipinski definition) is 6. The van der Waals surface area contributed by atoms with E-state index in [0.29, 0.717) is 23.8 Å². The van der Waals surface area contributed by atoms with Crippen molar-refractivity contribution in [2.24, 2.45) is 0 Å². The van der Waals surface area contributed by atoms with Crippen LogP contribution in [0.15, 0.2) is 77.8 Å². The van der Waals surface area contributed by atoms with Gasteiger partial charge in [-0.3, -0.25) is 9.52 Å². The van der Waals surface area contributed by atoms with Gasteiger partial charge in [0, 0.05) is 18.0 Å². The van der Waals surface area contributed by atoms with Gasteiger partial charge in [0.05, 0.1) is 18.6 Å². The number of aromatic nitrogens is 1. The summed E-state index contributed by atoms with van der Waals surface area (Å²) in [6, 6.07) is 16.3. The first-order valence-electron chi connectivity index (χ1n) is 11.2. The molecule has 0 aliphatic heterocycles. The van der Waals surface area contributed by atoms with E-state index < -0.39 is 10.0 Å². The monoisotopic (exact) mass is 495 g/mol. The third kappa shape index (κ3) is 7.86. The van der Waals surface area contributed by atoms with E-state index in [4.69, 9.17) is 9.47 Å². The van der Waals surface area contributed by atoms with Crippen LogP contribution >= 0.6 is 0 Å². The molecule has 3 rings (SSSR count). The summed E-state index contributed by atoms with van der Waals surface area (Å²) in [6.45, 7) is 2.76. The van der Waals surface area contributed by atoms with Crippen LogP contribution in [0.3, 0.4) is 0 Å². The first-order valence-corrected chi connectivity index (χ1v) is 12.7. The van der Waals surface area contributed by atoms with Crippen molar-refractivity contribution >= 4 is 33.5 Å². The van der Waals surface area contributed by atoms with Gasteiger partial charge in [0.1, 0.15) is 5.82 Å². The highest BCUT2D eigenvalue weighted by atomic mass is 32.2. The van der Waals surface area contributed by atoms with Crippen LogP contribution in [0.4, 0.5) is 11.5 Å². The lowest BCUT2D eigenvalue weighted by Gasteiger charge is -2.11. The molecule has 8 nitrogen and oxygen atoms in total. The van der Waals surface area contributed by atoms with Gasteiger partial charge in [-0.2, -0.15) is 0 Å². The summed E-state index contributed by atoms with van der Waals surface area (Å²) in [5.41, 5.74) is 1.24. The van der Waals surface area contributed by atoms with Crippen molar-refractivity contribution in [3.63, 3.8) is 0 Å². The van der Waals surface area contributed by atoms with E-state index in [1.165, 1.54) is 36.5 Å². The molecule has 1 heterocycles. The van der Waals surface area contributed by atoms with Gasteiger partial charge in [-0.1, -0.05) is 31.9 Å². The molecule has 1 amide bonds. The van der Waals surface area contributed by atoms with E-state index >= 15 is 0 Å². The van der Waals surface area contributed by atoms with Crippen LogP contribution in [0.25, 0.3) is 6.08 Å². The molecular weight excluding hydrogens is 466 g/mol. The van der Waals surface area contributed by atoms with Crippen LogP contribution < -0.4 is 19.5 Å². The summed E-state index contributed by atoms with van der Waals surface area (Å²) in [6.07, 6.45) is 7.77. The fraction of sp³-hybridized carbons (Fsp3) is 0.231. The zero-order valence-corrected chi connectivity index (χ0v) is 20.5. The topological polar surface area (TPSA) is 107 Å². The number of anilines is 2. The molecule has 0 fully saturated rings. The Kier molecular flexibility index (Phi) is 9.25. The maximum absolute atomic E-state index is 12.5. The van der Waals surface area contributed by atoms with Crippen LogP contribution in [-0.2, 0) is 14.8 Å². The fourth-order valence-corrected chi connectivity index (χ4v) is 4.14. The lowest BCUT2D eigenvalue weighted by Crippen LogP contribution is -2.14. The number of carbonyl (C=O) groups is 1. The summed E-state index contributed by atoms with van der Waals surface area (Å²) >= 11 is 0. The predicted molar refractivity (Wildman–Crippen MR) is 137 cm³/mol. The lowest BCUT2D eigenvalue weighted by molar-refractivity contribution is -0.111. The van der Waals surface area contributed by atoms with Gasteiger partial charge in [-0.15, -0.1) is 0 Å². The van der Waals surface area contributed by atoms with E-state index in [1.807, 2.05) is 12.1 Å². The fourth-order valence-electron chi connectivity index (χ4n) is 3.13. The minimum atomic E-state index is -3.79. The van der Waals surface area contributed by atoms with E-state index in [1.54, 1.807) is 37.5 Å². The van der Waals surface area contributed by atoms with Crippen LogP contribution in [0, 0.1) is 0 Å². The highest BCUT2D eigenvalue weighted by Crippen LogP contribution is 2.29. The zero-order valence-electron chi connectivity index (χ0n) is 19.7. The number of benzene rings is 2. The smallest absolute Gasteiger partial charge is 0.263 e. The molecule has 184 valence electrons. The molecular formula is C26H29N3O5S. The lowest BCUT2D eigenvalue weighted by atomic mass is 10.2. The van der Waals surface area contributed by atoms with E-state index in [9.17, 15) is 13.2 Å². The summed E-state index contributed by atoms with van der Waals surface area (Å²) in [4.78, 5) is 16.4. The van der Waals surface area contributed by atoms with Crippen molar-refractivity contribution in [3.8, 4) is 11.5 Å². The molecule has 0 aliphatic carbocycles. The molecule has 0 spiro atoms. The minimum Gasteiger partial charge on any atom is -0.493 e. The SMILES string of the molecule is CCCCCOc1ccc(/C=C/C(=O)Nc2ccc(S(=O)(=O)Nc3ccccn3)cc2)cc1OC. The molecule has 2 aromatic carbocycles. The molecule has 0 bridgehead atoms. The number of nitrogens with zero attached hydrogens (tertiary/aromatic N) is 1. The van der Waals surface area contributed by atoms with Gasteiger partial charge in [-0.05, 0) is 66.6 Å². The normalized spacial score (nSPS) is 11.3. The molecule has 0 unspecified atom stereocenters. The van der Waals surface area contributed by atoms with Gasteiger partial charge in [-0.25, -0.2) is 13.4 Å². The molecule has 0 atom stereocenters. The number of hydrogen-bond donors (Lipinski definition) is 2. The van der Waals surface area contributed by atoms with Crippen LogP contribution in [0.5, 0.6) is 11.5 Å². The van der Waals surface area contributed by atoms with Crippen LogP contribution in [0.2, 0.25) is 0 Å². The summed E-state index contributed by atoms with van der Waals surface area (Å²) < 4.78 is 38.6. The highest BCUT2D eigenvalue weighted by Gasteiger charge is 2.14. The summed E-state index contributed by atoms with van der Waals surface area (Å²) in [5.74, 6) is 1.13. The Labute approximate surface area is 206 Å². The average molecular weight is 496 g/mol.